The Morgan fingerprint density at radius 2 is 1.95 bits per heavy atom. The van der Waals surface area contributed by atoms with Gasteiger partial charge in [-0.1, -0.05) is 19.3 Å². The Kier molecular flexibility index (Phi) is 4.13. The topological polar surface area (TPSA) is 49.4 Å². The standard InChI is InChI=1S/C15H28N2O2S/c1-15(7-10-20(18,19)12-15)17-9-8-16-14(11-17)13-5-3-2-4-6-13/h13-14,16H,2-12H2,1H3. The second-order valence-corrected chi connectivity index (χ2v) is 9.43. The quantitative estimate of drug-likeness (QED) is 0.838. The van der Waals surface area contributed by atoms with E-state index >= 15 is 0 Å². The normalized spacial score (nSPS) is 40.0. The maximum Gasteiger partial charge on any atom is 0.152 e. The maximum atomic E-state index is 11.8. The Balaban J connectivity index is 1.66. The van der Waals surface area contributed by atoms with Crippen LogP contribution >= 0.6 is 0 Å². The average Bonchev–Trinajstić information content (AvgIpc) is 2.75. The molecule has 0 aromatic rings. The SMILES string of the molecule is CC1(N2CCNC(C3CCCCC3)C2)CCS(=O)(=O)C1. The lowest BCUT2D eigenvalue weighted by atomic mass is 9.82. The van der Waals surface area contributed by atoms with Crippen molar-refractivity contribution in [3.63, 3.8) is 0 Å². The first-order valence-electron chi connectivity index (χ1n) is 8.17. The Bertz CT molecular complexity index is 445. The molecule has 0 radical (unpaired) electrons. The van der Waals surface area contributed by atoms with E-state index in [-0.39, 0.29) is 5.54 Å². The summed E-state index contributed by atoms with van der Waals surface area (Å²) < 4.78 is 23.7. The highest BCUT2D eigenvalue weighted by molar-refractivity contribution is 7.91. The van der Waals surface area contributed by atoms with Gasteiger partial charge in [-0.25, -0.2) is 8.42 Å². The summed E-state index contributed by atoms with van der Waals surface area (Å²) in [5.41, 5.74) is -0.117. The van der Waals surface area contributed by atoms with E-state index < -0.39 is 9.84 Å². The van der Waals surface area contributed by atoms with Crippen molar-refractivity contribution in [2.24, 2.45) is 5.92 Å². The van der Waals surface area contributed by atoms with Gasteiger partial charge in [-0.2, -0.15) is 0 Å². The molecule has 2 unspecified atom stereocenters. The number of nitrogens with one attached hydrogen (secondary N) is 1. The molecule has 1 saturated carbocycles. The molecule has 3 rings (SSSR count). The van der Waals surface area contributed by atoms with Gasteiger partial charge in [0.05, 0.1) is 11.5 Å². The Morgan fingerprint density at radius 3 is 2.60 bits per heavy atom. The van der Waals surface area contributed by atoms with E-state index in [1.54, 1.807) is 0 Å². The van der Waals surface area contributed by atoms with Gasteiger partial charge in [0, 0.05) is 31.2 Å². The molecule has 2 atom stereocenters. The number of piperazine rings is 1. The smallest absolute Gasteiger partial charge is 0.152 e. The Hall–Kier alpha value is -0.130. The van der Waals surface area contributed by atoms with Crippen LogP contribution in [0.4, 0.5) is 0 Å². The van der Waals surface area contributed by atoms with Crippen molar-refractivity contribution in [3.05, 3.63) is 0 Å². The lowest BCUT2D eigenvalue weighted by molar-refractivity contribution is 0.0651. The fraction of sp³-hybridized carbons (Fsp3) is 1.00. The first-order valence-corrected chi connectivity index (χ1v) is 10.00. The molecule has 2 saturated heterocycles. The highest BCUT2D eigenvalue weighted by Gasteiger charge is 2.44. The summed E-state index contributed by atoms with van der Waals surface area (Å²) in [6.07, 6.45) is 7.64. The van der Waals surface area contributed by atoms with E-state index in [0.717, 1.165) is 32.0 Å². The van der Waals surface area contributed by atoms with E-state index in [2.05, 4.69) is 17.1 Å². The zero-order chi connectivity index (χ0) is 14.2. The van der Waals surface area contributed by atoms with Crippen LogP contribution in [0.1, 0.15) is 45.4 Å². The molecular weight excluding hydrogens is 272 g/mol. The Labute approximate surface area is 123 Å². The van der Waals surface area contributed by atoms with Crippen LogP contribution in [0.5, 0.6) is 0 Å². The molecule has 1 aliphatic carbocycles. The molecule has 0 aromatic carbocycles. The number of hydrogen-bond donors (Lipinski definition) is 1. The minimum absolute atomic E-state index is 0.117. The van der Waals surface area contributed by atoms with Gasteiger partial charge in [0.2, 0.25) is 0 Å². The van der Waals surface area contributed by atoms with E-state index in [1.807, 2.05) is 0 Å². The summed E-state index contributed by atoms with van der Waals surface area (Å²) in [6.45, 7) is 5.20. The first-order chi connectivity index (χ1) is 9.49. The zero-order valence-electron chi connectivity index (χ0n) is 12.6. The van der Waals surface area contributed by atoms with E-state index in [9.17, 15) is 8.42 Å². The second kappa shape index (κ2) is 5.58. The molecule has 1 N–H and O–H groups in total. The van der Waals surface area contributed by atoms with Gasteiger partial charge in [-0.05, 0) is 32.1 Å². The van der Waals surface area contributed by atoms with Crippen LogP contribution in [-0.4, -0.2) is 56.0 Å². The number of rotatable bonds is 2. The van der Waals surface area contributed by atoms with Gasteiger partial charge < -0.3 is 5.32 Å². The summed E-state index contributed by atoms with van der Waals surface area (Å²) in [5.74, 6) is 1.53. The van der Waals surface area contributed by atoms with Gasteiger partial charge in [0.15, 0.2) is 9.84 Å². The molecule has 2 heterocycles. The maximum absolute atomic E-state index is 11.8. The molecule has 3 aliphatic rings. The van der Waals surface area contributed by atoms with E-state index in [4.69, 9.17) is 0 Å². The molecule has 4 nitrogen and oxygen atoms in total. The molecule has 0 bridgehead atoms. The number of sulfone groups is 1. The van der Waals surface area contributed by atoms with Crippen LogP contribution in [0.25, 0.3) is 0 Å². The molecule has 5 heteroatoms. The third-order valence-electron chi connectivity index (χ3n) is 5.67. The van der Waals surface area contributed by atoms with Crippen LogP contribution in [-0.2, 0) is 9.84 Å². The largest absolute Gasteiger partial charge is 0.311 e. The van der Waals surface area contributed by atoms with Crippen LogP contribution in [0.2, 0.25) is 0 Å². The van der Waals surface area contributed by atoms with Crippen molar-refractivity contribution in [1.29, 1.82) is 0 Å². The molecular formula is C15H28N2O2S. The Morgan fingerprint density at radius 1 is 1.20 bits per heavy atom. The number of nitrogens with zero attached hydrogens (tertiary/aromatic N) is 1. The molecule has 116 valence electrons. The van der Waals surface area contributed by atoms with E-state index in [1.165, 1.54) is 32.1 Å². The second-order valence-electron chi connectivity index (χ2n) is 7.24. The zero-order valence-corrected chi connectivity index (χ0v) is 13.4. The average molecular weight is 300 g/mol. The van der Waals surface area contributed by atoms with Crippen LogP contribution in [0.3, 0.4) is 0 Å². The van der Waals surface area contributed by atoms with Crippen molar-refractivity contribution in [3.8, 4) is 0 Å². The molecule has 0 amide bonds. The first kappa shape index (κ1) is 14.8. The molecule has 2 aliphatic heterocycles. The lowest BCUT2D eigenvalue weighted by Gasteiger charge is -2.46. The highest BCUT2D eigenvalue weighted by Crippen LogP contribution is 2.33. The predicted molar refractivity (Wildman–Crippen MR) is 81.6 cm³/mol. The van der Waals surface area contributed by atoms with Gasteiger partial charge >= 0.3 is 0 Å². The summed E-state index contributed by atoms with van der Waals surface area (Å²) in [4.78, 5) is 2.47. The van der Waals surface area contributed by atoms with Gasteiger partial charge in [-0.3, -0.25) is 4.90 Å². The third kappa shape index (κ3) is 3.04. The minimum atomic E-state index is -2.81. The summed E-state index contributed by atoms with van der Waals surface area (Å²) in [6, 6.07) is 0.573. The summed E-state index contributed by atoms with van der Waals surface area (Å²) in [5, 5.41) is 3.69. The summed E-state index contributed by atoms with van der Waals surface area (Å²) in [7, 11) is -2.81. The monoisotopic (exact) mass is 300 g/mol. The van der Waals surface area contributed by atoms with Crippen molar-refractivity contribution < 1.29 is 8.42 Å². The minimum Gasteiger partial charge on any atom is -0.311 e. The van der Waals surface area contributed by atoms with Gasteiger partial charge in [0.1, 0.15) is 0 Å². The van der Waals surface area contributed by atoms with Crippen LogP contribution in [0.15, 0.2) is 0 Å². The van der Waals surface area contributed by atoms with E-state index in [0.29, 0.717) is 17.5 Å². The van der Waals surface area contributed by atoms with Crippen molar-refractivity contribution in [2.75, 3.05) is 31.1 Å². The predicted octanol–water partition coefficient (Wildman–Crippen LogP) is 1.42. The highest BCUT2D eigenvalue weighted by atomic mass is 32.2. The van der Waals surface area contributed by atoms with Crippen LogP contribution in [0, 0.1) is 5.92 Å². The van der Waals surface area contributed by atoms with Gasteiger partial charge in [-0.15, -0.1) is 0 Å². The van der Waals surface area contributed by atoms with Gasteiger partial charge in [0.25, 0.3) is 0 Å². The van der Waals surface area contributed by atoms with Crippen LogP contribution < -0.4 is 5.32 Å². The van der Waals surface area contributed by atoms with Crippen molar-refractivity contribution in [2.45, 2.75) is 57.0 Å². The molecule has 0 spiro atoms. The summed E-state index contributed by atoms with van der Waals surface area (Å²) >= 11 is 0. The molecule has 0 aromatic heterocycles. The third-order valence-corrected chi connectivity index (χ3v) is 7.56. The lowest BCUT2D eigenvalue weighted by Crippen LogP contribution is -2.61. The van der Waals surface area contributed by atoms with Crippen molar-refractivity contribution >= 4 is 9.84 Å². The molecule has 20 heavy (non-hydrogen) atoms. The fourth-order valence-corrected chi connectivity index (χ4v) is 6.53. The van der Waals surface area contributed by atoms with Crippen molar-refractivity contribution in [1.82, 2.24) is 10.2 Å². The molecule has 3 fully saturated rings. The fourth-order valence-electron chi connectivity index (χ4n) is 4.36. The number of hydrogen-bond acceptors (Lipinski definition) is 4.